The topological polar surface area (TPSA) is 0 Å². The van der Waals surface area contributed by atoms with Gasteiger partial charge in [-0.1, -0.05) is 14.9 Å². The molecule has 0 bridgehead atoms. The van der Waals surface area contributed by atoms with Crippen molar-refractivity contribution in [3.8, 4) is 0 Å². The third-order valence-corrected chi connectivity index (χ3v) is 0. The monoisotopic (exact) mass is 230 g/mol. The first-order chi connectivity index (χ1) is 0. The molecule has 6 heteroatoms. The Hall–Kier alpha value is 3.38. The van der Waals surface area contributed by atoms with E-state index in [1.807, 2.05) is 0 Å². The van der Waals surface area contributed by atoms with Crippen molar-refractivity contribution in [1.82, 2.24) is 0 Å². The van der Waals surface area contributed by atoms with Gasteiger partial charge in [0, 0.05) is 21.7 Å². The van der Waals surface area contributed by atoms with Crippen molar-refractivity contribution in [3.05, 3.63) is 0 Å². The van der Waals surface area contributed by atoms with Gasteiger partial charge < -0.3 is 0 Å². The minimum absolute atomic E-state index is 0. The Labute approximate surface area is 121 Å². The molecule has 0 radical (unpaired) electrons. The van der Waals surface area contributed by atoms with Crippen LogP contribution in [0, 0.1) is 0 Å². The second-order valence-corrected chi connectivity index (χ2v) is 0. The first-order valence-electron chi connectivity index (χ1n) is 0. The van der Waals surface area contributed by atoms with E-state index in [9.17, 15) is 0 Å². The van der Waals surface area contributed by atoms with E-state index in [0.717, 1.165) is 0 Å². The fourth-order valence-corrected chi connectivity index (χ4v) is 0. The van der Waals surface area contributed by atoms with Crippen LogP contribution in [0.3, 0.4) is 0 Å². The van der Waals surface area contributed by atoms with Crippen LogP contribution in [0.5, 0.6) is 0 Å². The van der Waals surface area contributed by atoms with Gasteiger partial charge in [0.25, 0.3) is 0 Å². The molecule has 0 aliphatic rings. The van der Waals surface area contributed by atoms with E-state index < -0.39 is 0 Å². The maximum atomic E-state index is 0. The van der Waals surface area contributed by atoms with Gasteiger partial charge in [-0.3, -0.25) is 0 Å². The van der Waals surface area contributed by atoms with Crippen LogP contribution < -0.4 is 0 Å². The molecule has 50 valence electrons. The van der Waals surface area contributed by atoms with Crippen molar-refractivity contribution >= 4 is 86.8 Å². The Morgan fingerprint density at radius 3 is 0.375 bits per heavy atom. The molecule has 0 fully saturated rings. The van der Waals surface area contributed by atoms with Crippen molar-refractivity contribution in [2.24, 2.45) is 0 Å². The van der Waals surface area contributed by atoms with Gasteiger partial charge in [-0.25, -0.2) is 0 Å². The zero-order valence-corrected chi connectivity index (χ0v) is 2.06. The summed E-state index contributed by atoms with van der Waals surface area (Å²) in [6.07, 6.45) is 0. The summed E-state index contributed by atoms with van der Waals surface area (Å²) in [5, 5.41) is 0. The van der Waals surface area contributed by atoms with Crippen LogP contribution in [0.2, 0.25) is 0 Å². The Balaban J connectivity index is 0. The average molecular weight is 230 g/mol. The van der Waals surface area contributed by atoms with E-state index >= 15 is 0 Å². The standard InChI is InChI=1S/2CH4.5Al.Ti.15H/h2*1H4;;;;;;;;;;;;;;;;;;;;;. The molecule has 0 aliphatic heterocycles. The molecular formula is C2H23Al5Ti. The molecule has 0 saturated heterocycles. The van der Waals surface area contributed by atoms with E-state index in [4.69, 9.17) is 0 Å². The molecule has 0 amide bonds. The number of hydrogen-bond acceptors (Lipinski definition) is 0. The van der Waals surface area contributed by atoms with Gasteiger partial charge in [0.2, 0.25) is 0 Å². The first kappa shape index (κ1) is 107. The normalized spacial score (nSPS) is 0. The molecule has 0 aromatic heterocycles. The Morgan fingerprint density at radius 2 is 0.375 bits per heavy atom. The minimum Gasteiger partial charge on any atom is -0.0776 e. The van der Waals surface area contributed by atoms with E-state index in [1.54, 1.807) is 0 Å². The molecule has 8 heavy (non-hydrogen) atoms. The molecule has 0 N–H and O–H groups in total. The van der Waals surface area contributed by atoms with Crippen LogP contribution in [0.1, 0.15) is 14.9 Å². The van der Waals surface area contributed by atoms with Gasteiger partial charge >= 0.3 is 0 Å². The van der Waals surface area contributed by atoms with Crippen LogP contribution in [-0.2, 0) is 21.7 Å². The number of rotatable bonds is 0. The van der Waals surface area contributed by atoms with Crippen molar-refractivity contribution in [1.29, 1.82) is 0 Å². The van der Waals surface area contributed by atoms with Gasteiger partial charge in [0.05, 0.1) is 0 Å². The second-order valence-electron chi connectivity index (χ2n) is 0. The Kier molecular flexibility index (Phi) is 1070. The van der Waals surface area contributed by atoms with Gasteiger partial charge in [0.1, 0.15) is 0 Å². The zero-order valence-electron chi connectivity index (χ0n) is 0.500. The first-order valence-corrected chi connectivity index (χ1v) is 0. The summed E-state index contributed by atoms with van der Waals surface area (Å²) in [5.74, 6) is 0. The molecule has 0 aromatic rings. The van der Waals surface area contributed by atoms with Crippen LogP contribution in [-0.4, -0.2) is 86.8 Å². The molecule has 0 unspecified atom stereocenters. The predicted molar refractivity (Wildman–Crippen MR) is 63.2 cm³/mol. The van der Waals surface area contributed by atoms with E-state index in [1.165, 1.54) is 0 Å². The molecule has 0 aromatic carbocycles. The number of hydrogen-bond donors (Lipinski definition) is 0. The average Bonchev–Trinajstić information content (AvgIpc) is 0. The minimum atomic E-state index is 0. The summed E-state index contributed by atoms with van der Waals surface area (Å²) in [6, 6.07) is 0. The molecule has 0 spiro atoms. The maximum absolute atomic E-state index is 0. The van der Waals surface area contributed by atoms with Gasteiger partial charge in [-0.05, 0) is 0 Å². The van der Waals surface area contributed by atoms with E-state index in [-0.39, 0.29) is 123 Å². The van der Waals surface area contributed by atoms with Crippen LogP contribution >= 0.6 is 0 Å². The van der Waals surface area contributed by atoms with Crippen LogP contribution in [0.15, 0.2) is 0 Å². The molecule has 0 aliphatic carbocycles. The van der Waals surface area contributed by atoms with Gasteiger partial charge in [-0.15, -0.1) is 0 Å². The molecule has 0 rings (SSSR count). The summed E-state index contributed by atoms with van der Waals surface area (Å²) in [4.78, 5) is 0. The van der Waals surface area contributed by atoms with Crippen molar-refractivity contribution in [2.45, 2.75) is 14.9 Å². The fraction of sp³-hybridized carbons (Fsp3) is 1.00. The summed E-state index contributed by atoms with van der Waals surface area (Å²) in [5.41, 5.74) is 0. The fourth-order valence-electron chi connectivity index (χ4n) is 0. The Bertz CT molecular complexity index is 10.4. The maximum Gasteiger partial charge on any atom is 0.187 e. The van der Waals surface area contributed by atoms with Gasteiger partial charge in [0.15, 0.2) is 86.8 Å². The largest absolute Gasteiger partial charge is 0.187 e. The smallest absolute Gasteiger partial charge is 0.0776 e. The van der Waals surface area contributed by atoms with Crippen molar-refractivity contribution in [2.75, 3.05) is 0 Å². The molecule has 0 saturated carbocycles. The summed E-state index contributed by atoms with van der Waals surface area (Å²) < 4.78 is 0. The third-order valence-electron chi connectivity index (χ3n) is 0. The Morgan fingerprint density at radius 1 is 0.375 bits per heavy atom. The second kappa shape index (κ2) is 80.0. The van der Waals surface area contributed by atoms with E-state index in [0.29, 0.717) is 0 Å². The van der Waals surface area contributed by atoms with Crippen molar-refractivity contribution in [3.63, 3.8) is 0 Å². The van der Waals surface area contributed by atoms with Crippen molar-refractivity contribution < 1.29 is 21.7 Å². The summed E-state index contributed by atoms with van der Waals surface area (Å²) >= 11 is 0. The molecule has 0 heterocycles. The zero-order chi connectivity index (χ0) is 0. The molecular weight excluding hydrogens is 207 g/mol. The third kappa shape index (κ3) is 57.7. The summed E-state index contributed by atoms with van der Waals surface area (Å²) in [6.45, 7) is 0. The molecule has 0 atom stereocenters. The SMILES string of the molecule is C.C.[AlH3].[AlH3].[AlH3].[AlH3].[AlH3].[Ti]. The van der Waals surface area contributed by atoms with E-state index in [2.05, 4.69) is 0 Å². The quantitative estimate of drug-likeness (QED) is 0.367. The van der Waals surface area contributed by atoms with Crippen LogP contribution in [0.4, 0.5) is 0 Å². The summed E-state index contributed by atoms with van der Waals surface area (Å²) in [7, 11) is 0. The predicted octanol–water partition coefficient (Wildman–Crippen LogP) is -4.65. The van der Waals surface area contributed by atoms with Gasteiger partial charge in [-0.2, -0.15) is 0 Å². The molecule has 0 nitrogen and oxygen atoms in total. The van der Waals surface area contributed by atoms with Crippen LogP contribution in [0.25, 0.3) is 0 Å².